The third-order valence-electron chi connectivity index (χ3n) is 12.6. The summed E-state index contributed by atoms with van der Waals surface area (Å²) in [6.45, 7) is 5.31. The van der Waals surface area contributed by atoms with Crippen LogP contribution in [0.4, 0.5) is 4.39 Å². The number of nitrogens with zero attached hydrogens (tertiary/aromatic N) is 3. The number of carbonyl (C=O) groups is 1. The van der Waals surface area contributed by atoms with Crippen molar-refractivity contribution in [1.29, 1.82) is 0 Å². The van der Waals surface area contributed by atoms with Crippen LogP contribution in [0.3, 0.4) is 0 Å². The Morgan fingerprint density at radius 2 is 2.00 bits per heavy atom. The summed E-state index contributed by atoms with van der Waals surface area (Å²) >= 11 is 0. The van der Waals surface area contributed by atoms with Gasteiger partial charge in [-0.25, -0.2) is 9.38 Å². The first kappa shape index (κ1) is 29.9. The van der Waals surface area contributed by atoms with Crippen molar-refractivity contribution < 1.29 is 14.3 Å². The van der Waals surface area contributed by atoms with Crippen LogP contribution < -0.4 is 10.6 Å². The molecule has 0 aromatic heterocycles. The highest BCUT2D eigenvalue weighted by Gasteiger charge is 2.69. The summed E-state index contributed by atoms with van der Waals surface area (Å²) < 4.78 is 15.1. The topological polar surface area (TPSA) is 89.3 Å². The lowest BCUT2D eigenvalue weighted by Gasteiger charge is -2.42. The Balaban J connectivity index is 1.14. The monoisotopic (exact) mass is 603 g/mol. The van der Waals surface area contributed by atoms with E-state index in [1.54, 1.807) is 6.08 Å². The van der Waals surface area contributed by atoms with Crippen LogP contribution in [0.5, 0.6) is 0 Å². The van der Waals surface area contributed by atoms with E-state index < -0.39 is 12.1 Å². The van der Waals surface area contributed by atoms with Crippen LogP contribution in [-0.2, 0) is 4.79 Å². The highest BCUT2D eigenvalue weighted by molar-refractivity contribution is 6.00. The van der Waals surface area contributed by atoms with Crippen molar-refractivity contribution >= 4 is 18.0 Å². The van der Waals surface area contributed by atoms with Gasteiger partial charge in [-0.05, 0) is 99.0 Å². The van der Waals surface area contributed by atoms with Gasteiger partial charge < -0.3 is 15.7 Å². The molecule has 7 rings (SSSR count). The van der Waals surface area contributed by atoms with E-state index in [-0.39, 0.29) is 35.5 Å². The SMILES string of the molecule is C=C(C=NC)[C@H](CC1C2CCC[C@H]1CC2)NC1=NC(N(C)CC23CC(C(=O)O)C2C3)NC2=C1C[C@H]([C@@H]1C=CC=CC1F)CC2. The molecule has 0 radical (unpaired) electrons. The molecule has 3 N–H and O–H groups in total. The molecule has 0 spiro atoms. The summed E-state index contributed by atoms with van der Waals surface area (Å²) in [5, 5.41) is 17.2. The zero-order chi connectivity index (χ0) is 30.6. The minimum absolute atomic E-state index is 0.0441. The van der Waals surface area contributed by atoms with Gasteiger partial charge in [-0.1, -0.05) is 50.1 Å². The van der Waals surface area contributed by atoms with Crippen LogP contribution in [0.15, 0.2) is 57.7 Å². The lowest BCUT2D eigenvalue weighted by Crippen LogP contribution is -2.53. The molecule has 8 heteroatoms. The van der Waals surface area contributed by atoms with Crippen LogP contribution >= 0.6 is 0 Å². The maximum atomic E-state index is 15.1. The average Bonchev–Trinajstić information content (AvgIpc) is 3.49. The van der Waals surface area contributed by atoms with Crippen molar-refractivity contribution in [2.75, 3.05) is 20.6 Å². The molecule has 0 aromatic carbocycles. The number of nitrogens with one attached hydrogen (secondary N) is 2. The molecule has 4 saturated carbocycles. The molecular formula is C36H50FN5O2. The lowest BCUT2D eigenvalue weighted by molar-refractivity contribution is -0.147. The summed E-state index contributed by atoms with van der Waals surface area (Å²) in [7, 11) is 3.92. The van der Waals surface area contributed by atoms with E-state index in [1.165, 1.54) is 43.4 Å². The van der Waals surface area contributed by atoms with E-state index in [1.807, 2.05) is 31.5 Å². The van der Waals surface area contributed by atoms with Crippen molar-refractivity contribution in [3.63, 3.8) is 0 Å². The van der Waals surface area contributed by atoms with Gasteiger partial charge in [0.2, 0.25) is 0 Å². The molecule has 0 amide bonds. The molecule has 238 valence electrons. The maximum absolute atomic E-state index is 15.1. The first-order valence-corrected chi connectivity index (χ1v) is 17.1. The van der Waals surface area contributed by atoms with E-state index in [0.29, 0.717) is 11.8 Å². The predicted molar refractivity (Wildman–Crippen MR) is 173 cm³/mol. The van der Waals surface area contributed by atoms with Crippen molar-refractivity contribution in [2.24, 2.45) is 56.8 Å². The van der Waals surface area contributed by atoms with Crippen molar-refractivity contribution in [3.05, 3.63) is 47.7 Å². The van der Waals surface area contributed by atoms with Gasteiger partial charge in [0.1, 0.15) is 12.0 Å². The lowest BCUT2D eigenvalue weighted by atomic mass is 9.74. The summed E-state index contributed by atoms with van der Waals surface area (Å²) in [6.07, 6.45) is 20.4. The number of allylic oxidation sites excluding steroid dienone is 5. The Labute approximate surface area is 261 Å². The second-order valence-corrected chi connectivity index (χ2v) is 15.1. The Morgan fingerprint density at radius 1 is 1.23 bits per heavy atom. The average molecular weight is 604 g/mol. The summed E-state index contributed by atoms with van der Waals surface area (Å²) in [5.74, 6) is 2.82. The minimum Gasteiger partial charge on any atom is -0.481 e. The van der Waals surface area contributed by atoms with Gasteiger partial charge >= 0.3 is 5.97 Å². The molecule has 7 aliphatic rings. The van der Waals surface area contributed by atoms with Crippen LogP contribution in [0.2, 0.25) is 0 Å². The number of halogens is 1. The molecule has 0 saturated heterocycles. The zero-order valence-corrected chi connectivity index (χ0v) is 26.4. The summed E-state index contributed by atoms with van der Waals surface area (Å²) in [5.41, 5.74) is 3.53. The number of aliphatic carboxylic acids is 1. The fraction of sp³-hybridized carbons (Fsp3) is 0.694. The number of rotatable bonds is 10. The molecule has 7 unspecified atom stereocenters. The van der Waals surface area contributed by atoms with Crippen molar-refractivity contribution in [3.8, 4) is 0 Å². The Kier molecular flexibility index (Phi) is 8.09. The number of alkyl halides is 1. The molecule has 0 aromatic rings. The number of carboxylic acid groups (broad SMARTS) is 1. The van der Waals surface area contributed by atoms with E-state index in [2.05, 4.69) is 34.2 Å². The van der Waals surface area contributed by atoms with Crippen LogP contribution in [-0.4, -0.2) is 67.2 Å². The molecule has 4 fully saturated rings. The summed E-state index contributed by atoms with van der Waals surface area (Å²) in [6, 6.07) is 0.0441. The Bertz CT molecular complexity index is 1300. The predicted octanol–water partition coefficient (Wildman–Crippen LogP) is 5.88. The van der Waals surface area contributed by atoms with Crippen molar-refractivity contribution in [1.82, 2.24) is 15.5 Å². The van der Waals surface area contributed by atoms with Crippen molar-refractivity contribution in [2.45, 2.75) is 89.1 Å². The van der Waals surface area contributed by atoms with Crippen LogP contribution in [0.25, 0.3) is 0 Å². The van der Waals surface area contributed by atoms with Gasteiger partial charge in [0.25, 0.3) is 0 Å². The fourth-order valence-electron chi connectivity index (χ4n) is 10.1. The molecular weight excluding hydrogens is 553 g/mol. The minimum atomic E-state index is -0.950. The highest BCUT2D eigenvalue weighted by Crippen LogP contribution is 2.71. The number of hydrogen-bond donors (Lipinski definition) is 3. The standard InChI is InChI=1S/C36H50FN5O2/c1-21(19-38-2)32(16-26-22-7-6-8-23(26)12-11-22)39-33-27-15-24(25-9-4-5-10-30(25)37)13-14-31(27)40-35(41-33)42(3)20-36-17-28(34(43)44)29(36)18-36/h4-5,9-10,19,22-26,28-30,32,35,40H,1,6-8,11-18,20H2,2-3H3,(H,39,41)(H,43,44)/t22-,23?,24+,25-,26?,28?,29?,30?,32-,35?,36?/m0/s1. The van der Waals surface area contributed by atoms with E-state index in [0.717, 1.165) is 68.3 Å². The van der Waals surface area contributed by atoms with Gasteiger partial charge in [0.15, 0.2) is 6.29 Å². The molecule has 6 aliphatic carbocycles. The Hall–Kier alpha value is -2.74. The third kappa shape index (κ3) is 5.50. The second-order valence-electron chi connectivity index (χ2n) is 15.1. The Morgan fingerprint density at radius 3 is 2.70 bits per heavy atom. The van der Waals surface area contributed by atoms with Gasteiger partial charge in [0.05, 0.1) is 12.0 Å². The van der Waals surface area contributed by atoms with Gasteiger partial charge in [-0.2, -0.15) is 0 Å². The molecule has 44 heavy (non-hydrogen) atoms. The number of amidine groups is 1. The van der Waals surface area contributed by atoms with E-state index >= 15 is 4.39 Å². The van der Waals surface area contributed by atoms with E-state index in [9.17, 15) is 9.90 Å². The first-order chi connectivity index (χ1) is 21.3. The molecule has 7 nitrogen and oxygen atoms in total. The van der Waals surface area contributed by atoms with Gasteiger partial charge in [-0.15, -0.1) is 0 Å². The third-order valence-corrected chi connectivity index (χ3v) is 12.6. The highest BCUT2D eigenvalue weighted by atomic mass is 19.1. The fourth-order valence-corrected chi connectivity index (χ4v) is 10.1. The summed E-state index contributed by atoms with van der Waals surface area (Å²) in [4.78, 5) is 23.6. The molecule has 2 bridgehead atoms. The smallest absolute Gasteiger partial charge is 0.306 e. The molecule has 1 heterocycles. The van der Waals surface area contributed by atoms with Crippen LogP contribution in [0.1, 0.15) is 70.6 Å². The number of carboxylic acids is 1. The zero-order valence-electron chi connectivity index (χ0n) is 26.4. The maximum Gasteiger partial charge on any atom is 0.306 e. The number of aliphatic imine (C=N–C) groups is 2. The van der Waals surface area contributed by atoms with Crippen LogP contribution in [0, 0.1) is 46.8 Å². The number of hydrogen-bond acceptors (Lipinski definition) is 6. The quantitative estimate of drug-likeness (QED) is 0.272. The van der Waals surface area contributed by atoms with Gasteiger partial charge in [0, 0.05) is 37.0 Å². The molecule has 11 atom stereocenters. The normalized spacial score (nSPS) is 41.0. The van der Waals surface area contributed by atoms with Gasteiger partial charge in [-0.3, -0.25) is 14.7 Å². The number of fused-ring (bicyclic) bond motifs is 3. The molecule has 1 aliphatic heterocycles. The first-order valence-electron chi connectivity index (χ1n) is 17.1. The second kappa shape index (κ2) is 11.9. The van der Waals surface area contributed by atoms with E-state index in [4.69, 9.17) is 4.99 Å². The largest absolute Gasteiger partial charge is 0.481 e.